The highest BCUT2D eigenvalue weighted by molar-refractivity contribution is 6.21. The summed E-state index contributed by atoms with van der Waals surface area (Å²) < 4.78 is 0. The van der Waals surface area contributed by atoms with Crippen LogP contribution >= 0.6 is 0 Å². The van der Waals surface area contributed by atoms with E-state index in [4.69, 9.17) is 0 Å². The van der Waals surface area contributed by atoms with Gasteiger partial charge in [0, 0.05) is 16.7 Å². The number of Topliss-reactive ketones (excluding diaryl/α,β-unsaturated/α-hetero) is 1. The first-order valence-electron chi connectivity index (χ1n) is 11.2. The number of allylic oxidation sites excluding steroid dienone is 8. The highest BCUT2D eigenvalue weighted by Crippen LogP contribution is 2.22. The third kappa shape index (κ3) is 7.52. The minimum absolute atomic E-state index is 0.195. The lowest BCUT2D eigenvalue weighted by Gasteiger charge is -2.15. The Morgan fingerprint density at radius 2 is 1.62 bits per heavy atom. The first-order chi connectivity index (χ1) is 15.3. The molecule has 0 amide bonds. The average Bonchev–Trinajstić information content (AvgIpc) is 2.80. The number of ketones is 4. The topological polar surface area (TPSA) is 68.3 Å². The maximum atomic E-state index is 13.3. The molecule has 0 aliphatic rings. The Morgan fingerprint density at radius 1 is 0.969 bits per heavy atom. The monoisotopic (exact) mass is 434 g/mol. The standard InChI is InChI=1S/C28H34O4/c1-6-10-15-23(25(29)14-8-3)28(32)22-17-13-12-16-21(22)27(31)19-24(20(5)9-4)26(30)18-11-7-2/h8-9,11-14,16-19,23H,6-7,10,15H2,1-5H3/b14-8?,18-11+,20-9+,24-19+. The molecule has 0 bridgehead atoms. The molecule has 170 valence electrons. The summed E-state index contributed by atoms with van der Waals surface area (Å²) in [5.41, 5.74) is 1.37. The van der Waals surface area contributed by atoms with E-state index in [-0.39, 0.29) is 34.0 Å². The molecule has 0 N–H and O–H groups in total. The number of carbonyl (C=O) groups excluding carboxylic acids is 4. The van der Waals surface area contributed by atoms with Gasteiger partial charge in [-0.05, 0) is 57.4 Å². The molecular formula is C28H34O4. The van der Waals surface area contributed by atoms with Crippen LogP contribution in [0.25, 0.3) is 0 Å². The van der Waals surface area contributed by atoms with Crippen molar-refractivity contribution in [2.45, 2.75) is 60.3 Å². The second kappa shape index (κ2) is 14.0. The number of unbranched alkanes of at least 4 members (excludes halogenated alkanes) is 1. The largest absolute Gasteiger partial charge is 0.294 e. The number of hydrogen-bond donors (Lipinski definition) is 0. The second-order valence-corrected chi connectivity index (χ2v) is 7.58. The molecule has 1 aromatic rings. The van der Waals surface area contributed by atoms with E-state index in [1.807, 2.05) is 13.8 Å². The zero-order valence-electron chi connectivity index (χ0n) is 19.8. The molecule has 0 saturated carbocycles. The molecule has 32 heavy (non-hydrogen) atoms. The third-order valence-electron chi connectivity index (χ3n) is 5.20. The fourth-order valence-electron chi connectivity index (χ4n) is 3.25. The van der Waals surface area contributed by atoms with Crippen molar-refractivity contribution in [2.75, 3.05) is 0 Å². The van der Waals surface area contributed by atoms with Gasteiger partial charge in [-0.25, -0.2) is 0 Å². The molecule has 1 atom stereocenters. The first-order valence-corrected chi connectivity index (χ1v) is 11.2. The van der Waals surface area contributed by atoms with Crippen molar-refractivity contribution in [3.8, 4) is 0 Å². The van der Waals surface area contributed by atoms with Gasteiger partial charge in [0.05, 0.1) is 5.92 Å². The maximum absolute atomic E-state index is 13.3. The van der Waals surface area contributed by atoms with E-state index < -0.39 is 11.7 Å². The van der Waals surface area contributed by atoms with Gasteiger partial charge in [0.1, 0.15) is 0 Å². The zero-order chi connectivity index (χ0) is 24.1. The summed E-state index contributed by atoms with van der Waals surface area (Å²) in [7, 11) is 0. The quantitative estimate of drug-likeness (QED) is 0.155. The van der Waals surface area contributed by atoms with E-state index in [1.54, 1.807) is 63.3 Å². The molecule has 0 fully saturated rings. The fourth-order valence-corrected chi connectivity index (χ4v) is 3.25. The lowest BCUT2D eigenvalue weighted by atomic mass is 9.86. The summed E-state index contributed by atoms with van der Waals surface area (Å²) in [6.45, 7) is 9.22. The molecule has 0 saturated heterocycles. The van der Waals surface area contributed by atoms with E-state index in [1.165, 1.54) is 18.2 Å². The van der Waals surface area contributed by atoms with Crippen LogP contribution in [0.4, 0.5) is 0 Å². The second-order valence-electron chi connectivity index (χ2n) is 7.58. The Bertz CT molecular complexity index is 957. The van der Waals surface area contributed by atoms with Crippen molar-refractivity contribution < 1.29 is 19.2 Å². The van der Waals surface area contributed by atoms with Crippen LogP contribution in [0.2, 0.25) is 0 Å². The zero-order valence-corrected chi connectivity index (χ0v) is 19.8. The van der Waals surface area contributed by atoms with Gasteiger partial charge < -0.3 is 0 Å². The number of rotatable bonds is 13. The summed E-state index contributed by atoms with van der Waals surface area (Å²) in [6.07, 6.45) is 12.0. The molecule has 1 rings (SSSR count). The summed E-state index contributed by atoms with van der Waals surface area (Å²) in [4.78, 5) is 51.7. The van der Waals surface area contributed by atoms with Crippen molar-refractivity contribution >= 4 is 23.1 Å². The normalized spacial score (nSPS) is 13.5. The average molecular weight is 435 g/mol. The van der Waals surface area contributed by atoms with Crippen molar-refractivity contribution in [2.24, 2.45) is 5.92 Å². The highest BCUT2D eigenvalue weighted by Gasteiger charge is 2.28. The van der Waals surface area contributed by atoms with E-state index in [0.717, 1.165) is 12.8 Å². The predicted octanol–water partition coefficient (Wildman–Crippen LogP) is 6.43. The Balaban J connectivity index is 3.46. The molecule has 0 aliphatic heterocycles. The minimum atomic E-state index is -0.824. The SMILES string of the molecule is CC=CC(=O)C(CCCC)C(=O)c1ccccc1C(=O)/C=C(C(=O)/C=C/CC)\C(C)=C\C. The van der Waals surface area contributed by atoms with Crippen LogP contribution in [0.15, 0.2) is 71.9 Å². The Labute approximate surface area is 191 Å². The minimum Gasteiger partial charge on any atom is -0.294 e. The number of benzene rings is 1. The Hall–Kier alpha value is -3.14. The number of carbonyl (C=O) groups is 4. The van der Waals surface area contributed by atoms with Crippen LogP contribution in [-0.4, -0.2) is 23.1 Å². The molecule has 1 unspecified atom stereocenters. The highest BCUT2D eigenvalue weighted by atomic mass is 16.2. The molecule has 0 aliphatic carbocycles. The van der Waals surface area contributed by atoms with E-state index in [2.05, 4.69) is 0 Å². The molecule has 4 nitrogen and oxygen atoms in total. The third-order valence-corrected chi connectivity index (χ3v) is 5.20. The fraction of sp³-hybridized carbons (Fsp3) is 0.357. The van der Waals surface area contributed by atoms with Crippen LogP contribution in [0.3, 0.4) is 0 Å². The Kier molecular flexibility index (Phi) is 11.8. The lowest BCUT2D eigenvalue weighted by molar-refractivity contribution is -0.117. The van der Waals surface area contributed by atoms with Crippen LogP contribution in [0, 0.1) is 5.92 Å². The van der Waals surface area contributed by atoms with E-state index >= 15 is 0 Å². The van der Waals surface area contributed by atoms with Crippen molar-refractivity contribution in [3.05, 3.63) is 83.0 Å². The van der Waals surface area contributed by atoms with Gasteiger partial charge >= 0.3 is 0 Å². The van der Waals surface area contributed by atoms with Crippen LogP contribution < -0.4 is 0 Å². The van der Waals surface area contributed by atoms with Crippen LogP contribution in [-0.2, 0) is 9.59 Å². The molecule has 1 aromatic carbocycles. The lowest BCUT2D eigenvalue weighted by Crippen LogP contribution is -2.24. The van der Waals surface area contributed by atoms with Crippen molar-refractivity contribution in [3.63, 3.8) is 0 Å². The van der Waals surface area contributed by atoms with Gasteiger partial charge in [-0.2, -0.15) is 0 Å². The smallest absolute Gasteiger partial charge is 0.187 e. The summed E-state index contributed by atoms with van der Waals surface area (Å²) in [5, 5.41) is 0. The van der Waals surface area contributed by atoms with E-state index in [9.17, 15) is 19.2 Å². The van der Waals surface area contributed by atoms with Crippen molar-refractivity contribution in [1.29, 1.82) is 0 Å². The molecular weight excluding hydrogens is 400 g/mol. The molecule has 0 aromatic heterocycles. The Morgan fingerprint density at radius 3 is 2.19 bits per heavy atom. The number of hydrogen-bond acceptors (Lipinski definition) is 4. The van der Waals surface area contributed by atoms with Gasteiger partial charge in [0.2, 0.25) is 0 Å². The summed E-state index contributed by atoms with van der Waals surface area (Å²) in [5.74, 6) is -2.13. The molecule has 0 heterocycles. The van der Waals surface area contributed by atoms with Crippen LogP contribution in [0.5, 0.6) is 0 Å². The summed E-state index contributed by atoms with van der Waals surface area (Å²) in [6, 6.07) is 6.50. The van der Waals surface area contributed by atoms with Gasteiger partial charge in [-0.15, -0.1) is 0 Å². The van der Waals surface area contributed by atoms with Gasteiger partial charge in [-0.1, -0.05) is 69.2 Å². The molecule has 0 radical (unpaired) electrons. The molecule has 0 spiro atoms. The summed E-state index contributed by atoms with van der Waals surface area (Å²) >= 11 is 0. The van der Waals surface area contributed by atoms with Crippen LogP contribution in [0.1, 0.15) is 81.0 Å². The van der Waals surface area contributed by atoms with Gasteiger partial charge in [-0.3, -0.25) is 19.2 Å². The maximum Gasteiger partial charge on any atom is 0.187 e. The molecule has 4 heteroatoms. The van der Waals surface area contributed by atoms with E-state index in [0.29, 0.717) is 18.4 Å². The van der Waals surface area contributed by atoms with Crippen molar-refractivity contribution in [1.82, 2.24) is 0 Å². The first kappa shape index (κ1) is 26.9. The van der Waals surface area contributed by atoms with Gasteiger partial charge in [0.15, 0.2) is 23.1 Å². The predicted molar refractivity (Wildman–Crippen MR) is 130 cm³/mol. The van der Waals surface area contributed by atoms with Gasteiger partial charge in [0.25, 0.3) is 0 Å².